The molecule has 1 fully saturated rings. The molecule has 0 bridgehead atoms. The second-order valence-corrected chi connectivity index (χ2v) is 10.9. The van der Waals surface area contributed by atoms with Gasteiger partial charge in [0.15, 0.2) is 9.84 Å². The van der Waals surface area contributed by atoms with Crippen molar-refractivity contribution in [3.05, 3.63) is 29.8 Å². The van der Waals surface area contributed by atoms with E-state index in [2.05, 4.69) is 5.32 Å². The molecule has 7 nitrogen and oxygen atoms in total. The van der Waals surface area contributed by atoms with Gasteiger partial charge in [-0.15, -0.1) is 0 Å². The Morgan fingerprint density at radius 2 is 2.04 bits per heavy atom. The van der Waals surface area contributed by atoms with Gasteiger partial charge < -0.3 is 5.32 Å². The number of hydrogen-bond acceptors (Lipinski definition) is 5. The van der Waals surface area contributed by atoms with Crippen LogP contribution in [-0.4, -0.2) is 58.2 Å². The zero-order valence-corrected chi connectivity index (χ0v) is 16.2. The molecule has 0 aliphatic carbocycles. The Morgan fingerprint density at radius 1 is 1.36 bits per heavy atom. The van der Waals surface area contributed by atoms with Crippen LogP contribution >= 0.6 is 0 Å². The van der Waals surface area contributed by atoms with E-state index in [-0.39, 0.29) is 40.2 Å². The highest BCUT2D eigenvalue weighted by atomic mass is 32.2. The molecule has 140 valence electrons. The predicted octanol–water partition coefficient (Wildman–Crippen LogP) is 0.880. The Labute approximate surface area is 149 Å². The highest BCUT2D eigenvalue weighted by Crippen LogP contribution is 2.24. The van der Waals surface area contributed by atoms with Crippen LogP contribution in [0.3, 0.4) is 0 Å². The smallest absolute Gasteiger partial charge is 0.251 e. The first kappa shape index (κ1) is 19.9. The van der Waals surface area contributed by atoms with Crippen LogP contribution in [0.15, 0.2) is 29.2 Å². The molecule has 1 atom stereocenters. The van der Waals surface area contributed by atoms with Crippen LogP contribution in [-0.2, 0) is 19.9 Å². The molecule has 1 N–H and O–H groups in total. The van der Waals surface area contributed by atoms with Crippen molar-refractivity contribution >= 4 is 25.8 Å². The average Bonchev–Trinajstić information content (AvgIpc) is 2.91. The molecule has 1 unspecified atom stereocenters. The van der Waals surface area contributed by atoms with Crippen LogP contribution in [0.4, 0.5) is 0 Å². The number of benzene rings is 1. The van der Waals surface area contributed by atoms with Gasteiger partial charge in [-0.3, -0.25) is 4.79 Å². The van der Waals surface area contributed by atoms with Gasteiger partial charge in [-0.25, -0.2) is 16.8 Å². The van der Waals surface area contributed by atoms with Gasteiger partial charge in [0, 0.05) is 25.2 Å². The number of carbonyl (C=O) groups excluding carboxylic acids is 1. The molecule has 0 spiro atoms. The molecule has 1 aliphatic heterocycles. The largest absolute Gasteiger partial charge is 0.352 e. The molecule has 1 saturated heterocycles. The highest BCUT2D eigenvalue weighted by Gasteiger charge is 2.36. The molecule has 1 aromatic carbocycles. The lowest BCUT2D eigenvalue weighted by Gasteiger charge is -2.23. The second-order valence-electron chi connectivity index (χ2n) is 6.71. The van der Waals surface area contributed by atoms with Gasteiger partial charge in [0.05, 0.1) is 16.4 Å². The Bertz CT molecular complexity index is 847. The van der Waals surface area contributed by atoms with E-state index in [0.29, 0.717) is 6.54 Å². The number of carbonyl (C=O) groups is 1. The summed E-state index contributed by atoms with van der Waals surface area (Å²) < 4.78 is 49.9. The van der Waals surface area contributed by atoms with Gasteiger partial charge in [0.1, 0.15) is 0 Å². The van der Waals surface area contributed by atoms with Crippen molar-refractivity contribution in [1.82, 2.24) is 9.62 Å². The summed E-state index contributed by atoms with van der Waals surface area (Å²) in [6.07, 6.45) is 0.284. The number of nitrogens with one attached hydrogen (secondary N) is 1. The number of amides is 1. The van der Waals surface area contributed by atoms with Gasteiger partial charge in [-0.2, -0.15) is 4.31 Å². The first-order chi connectivity index (χ1) is 11.5. The molecule has 0 saturated carbocycles. The van der Waals surface area contributed by atoms with E-state index >= 15 is 0 Å². The minimum Gasteiger partial charge on any atom is -0.352 e. The fourth-order valence-corrected chi connectivity index (χ4v) is 5.92. The minimum absolute atomic E-state index is 0.00479. The fourth-order valence-electron chi connectivity index (χ4n) is 2.62. The van der Waals surface area contributed by atoms with Crippen LogP contribution in [0, 0.1) is 5.92 Å². The molecule has 0 aromatic heterocycles. The summed E-state index contributed by atoms with van der Waals surface area (Å²) in [6.45, 7) is 4.42. The maximum Gasteiger partial charge on any atom is 0.251 e. The van der Waals surface area contributed by atoms with Crippen LogP contribution in [0.25, 0.3) is 0 Å². The molecule has 1 aliphatic rings. The Morgan fingerprint density at radius 3 is 2.60 bits per heavy atom. The van der Waals surface area contributed by atoms with Crippen molar-refractivity contribution in [3.8, 4) is 0 Å². The van der Waals surface area contributed by atoms with Gasteiger partial charge in [0.25, 0.3) is 5.91 Å². The van der Waals surface area contributed by atoms with E-state index in [4.69, 9.17) is 0 Å². The van der Waals surface area contributed by atoms with Gasteiger partial charge >= 0.3 is 0 Å². The molecule has 2 rings (SSSR count). The molecule has 9 heteroatoms. The van der Waals surface area contributed by atoms with Crippen molar-refractivity contribution in [3.63, 3.8) is 0 Å². The van der Waals surface area contributed by atoms with E-state index in [9.17, 15) is 21.6 Å². The van der Waals surface area contributed by atoms with Crippen molar-refractivity contribution in [2.45, 2.75) is 31.2 Å². The van der Waals surface area contributed by atoms with E-state index < -0.39 is 25.9 Å². The first-order valence-corrected chi connectivity index (χ1v) is 11.4. The van der Waals surface area contributed by atoms with Crippen molar-refractivity contribution in [2.24, 2.45) is 5.92 Å². The summed E-state index contributed by atoms with van der Waals surface area (Å²) in [5, 5.41) is 2.75. The number of sulfone groups is 1. The minimum atomic E-state index is -3.87. The average molecular weight is 389 g/mol. The molecule has 1 amide bonds. The summed E-state index contributed by atoms with van der Waals surface area (Å²) in [6, 6.07) is 5.22. The van der Waals surface area contributed by atoms with Gasteiger partial charge in [0.2, 0.25) is 10.0 Å². The lowest BCUT2D eigenvalue weighted by molar-refractivity contribution is 0.0949. The third-order valence-corrected chi connectivity index (χ3v) is 7.82. The SMILES string of the molecule is CC(C)CNC(=O)c1cccc(S(=O)(=O)N(C)C2CCS(=O)(=O)C2)c1. The van der Waals surface area contributed by atoms with Gasteiger partial charge in [-0.1, -0.05) is 19.9 Å². The van der Waals surface area contributed by atoms with E-state index in [1.54, 1.807) is 6.07 Å². The number of nitrogens with zero attached hydrogens (tertiary/aromatic N) is 1. The summed E-state index contributed by atoms with van der Waals surface area (Å²) in [5.74, 6) is -0.227. The Balaban J connectivity index is 2.22. The van der Waals surface area contributed by atoms with Crippen molar-refractivity contribution in [2.75, 3.05) is 25.1 Å². The summed E-state index contributed by atoms with van der Waals surface area (Å²) in [5.41, 5.74) is 0.258. The summed E-state index contributed by atoms with van der Waals surface area (Å²) in [4.78, 5) is 12.1. The zero-order chi connectivity index (χ0) is 18.8. The van der Waals surface area contributed by atoms with Crippen molar-refractivity contribution in [1.29, 1.82) is 0 Å². The molecule has 1 aromatic rings. The Hall–Kier alpha value is -1.45. The van der Waals surface area contributed by atoms with Crippen LogP contribution < -0.4 is 5.32 Å². The predicted molar refractivity (Wildman–Crippen MR) is 95.6 cm³/mol. The lowest BCUT2D eigenvalue weighted by atomic mass is 10.2. The second kappa shape index (κ2) is 7.43. The topological polar surface area (TPSA) is 101 Å². The van der Waals surface area contributed by atoms with Crippen LogP contribution in [0.2, 0.25) is 0 Å². The standard InChI is InChI=1S/C16H24N2O5S2/c1-12(2)10-17-16(19)13-5-4-6-15(9-13)25(22,23)18(3)14-7-8-24(20,21)11-14/h4-6,9,12,14H,7-8,10-11H2,1-3H3,(H,17,19). The van der Waals surface area contributed by atoms with E-state index in [0.717, 1.165) is 4.31 Å². The normalized spacial score (nSPS) is 20.1. The van der Waals surface area contributed by atoms with Crippen LogP contribution in [0.1, 0.15) is 30.6 Å². The maximum atomic E-state index is 12.8. The number of sulfonamides is 1. The van der Waals surface area contributed by atoms with E-state index in [1.807, 2.05) is 13.8 Å². The Kier molecular flexibility index (Phi) is 5.90. The maximum absolute atomic E-state index is 12.8. The van der Waals surface area contributed by atoms with Gasteiger partial charge in [-0.05, 0) is 30.5 Å². The van der Waals surface area contributed by atoms with Crippen molar-refractivity contribution < 1.29 is 21.6 Å². The van der Waals surface area contributed by atoms with Crippen LogP contribution in [0.5, 0.6) is 0 Å². The molecular formula is C16H24N2O5S2. The fraction of sp³-hybridized carbons (Fsp3) is 0.562. The zero-order valence-electron chi connectivity index (χ0n) is 14.6. The molecule has 0 radical (unpaired) electrons. The first-order valence-electron chi connectivity index (χ1n) is 8.09. The number of rotatable bonds is 6. The summed E-state index contributed by atoms with van der Waals surface area (Å²) >= 11 is 0. The molecule has 25 heavy (non-hydrogen) atoms. The van der Waals surface area contributed by atoms with E-state index in [1.165, 1.54) is 25.2 Å². The third-order valence-electron chi connectivity index (χ3n) is 4.17. The monoisotopic (exact) mass is 388 g/mol. The highest BCUT2D eigenvalue weighted by molar-refractivity contribution is 7.92. The molecule has 1 heterocycles. The third kappa shape index (κ3) is 4.80. The summed E-state index contributed by atoms with van der Waals surface area (Å²) in [7, 11) is -5.68. The quantitative estimate of drug-likeness (QED) is 0.780. The lowest BCUT2D eigenvalue weighted by Crippen LogP contribution is -2.38. The molecular weight excluding hydrogens is 364 g/mol. The number of hydrogen-bond donors (Lipinski definition) is 1.